The van der Waals surface area contributed by atoms with E-state index in [4.69, 9.17) is 4.74 Å². The Bertz CT molecular complexity index is 913. The Morgan fingerprint density at radius 2 is 2.25 bits per heavy atom. The van der Waals surface area contributed by atoms with Crippen LogP contribution in [-0.2, 0) is 22.5 Å². The van der Waals surface area contributed by atoms with Crippen molar-refractivity contribution in [3.05, 3.63) is 53.7 Å². The van der Waals surface area contributed by atoms with E-state index in [0.29, 0.717) is 18.7 Å². The first-order valence-electron chi connectivity index (χ1n) is 7.64. The number of imidazole rings is 1. The smallest absolute Gasteiger partial charge is 0.329 e. The number of H-pyrrole nitrogens is 2. The van der Waals surface area contributed by atoms with E-state index >= 15 is 0 Å². The number of fused-ring (bicyclic) bond motifs is 3. The number of para-hydroxylation sites is 1. The van der Waals surface area contributed by atoms with E-state index in [1.54, 1.807) is 17.4 Å². The molecule has 24 heavy (non-hydrogen) atoms. The Morgan fingerprint density at radius 1 is 1.42 bits per heavy atom. The van der Waals surface area contributed by atoms with Crippen LogP contribution < -0.4 is 0 Å². The standard InChI is InChI=1S/C17H16N4O3/c1-24-17(23)14(6-10-7-18-9-19-10)21-8-12-11-4-2-3-5-13(11)20-15(12)16(21)22/h2-5,7,9,14,20H,6,8H2,1H3,(H,18,19). The first kappa shape index (κ1) is 14.5. The highest BCUT2D eigenvalue weighted by Crippen LogP contribution is 2.32. The SMILES string of the molecule is COC(=O)C(Cc1cnc[nH]1)N1Cc2c([nH]c3ccccc23)C1=O. The molecule has 0 saturated heterocycles. The van der Waals surface area contributed by atoms with Crippen LogP contribution in [-0.4, -0.2) is 44.9 Å². The highest BCUT2D eigenvalue weighted by atomic mass is 16.5. The number of hydrogen-bond donors (Lipinski definition) is 2. The van der Waals surface area contributed by atoms with Gasteiger partial charge in [-0.2, -0.15) is 0 Å². The maximum absolute atomic E-state index is 12.8. The molecule has 7 heteroatoms. The van der Waals surface area contributed by atoms with Gasteiger partial charge in [-0.1, -0.05) is 18.2 Å². The molecule has 0 bridgehead atoms. The van der Waals surface area contributed by atoms with Gasteiger partial charge >= 0.3 is 5.97 Å². The van der Waals surface area contributed by atoms with Gasteiger partial charge in [-0.05, 0) is 6.07 Å². The van der Waals surface area contributed by atoms with E-state index < -0.39 is 12.0 Å². The van der Waals surface area contributed by atoms with Crippen molar-refractivity contribution in [1.29, 1.82) is 0 Å². The van der Waals surface area contributed by atoms with E-state index in [1.165, 1.54) is 7.11 Å². The molecule has 1 atom stereocenters. The summed E-state index contributed by atoms with van der Waals surface area (Å²) in [6, 6.07) is 7.08. The summed E-state index contributed by atoms with van der Waals surface area (Å²) in [5, 5.41) is 1.01. The van der Waals surface area contributed by atoms with Crippen LogP contribution >= 0.6 is 0 Å². The highest BCUT2D eigenvalue weighted by Gasteiger charge is 2.39. The minimum atomic E-state index is -0.692. The topological polar surface area (TPSA) is 91.1 Å². The van der Waals surface area contributed by atoms with E-state index in [9.17, 15) is 9.59 Å². The number of aromatic nitrogens is 3. The zero-order valence-electron chi connectivity index (χ0n) is 13.1. The average Bonchev–Trinajstić information content (AvgIpc) is 3.30. The summed E-state index contributed by atoms with van der Waals surface area (Å²) in [5.74, 6) is -0.622. The lowest BCUT2D eigenvalue weighted by Crippen LogP contribution is -2.43. The Hall–Kier alpha value is -3.09. The van der Waals surface area contributed by atoms with Crippen molar-refractivity contribution in [2.75, 3.05) is 7.11 Å². The number of hydrogen-bond acceptors (Lipinski definition) is 4. The van der Waals surface area contributed by atoms with Gasteiger partial charge in [-0.15, -0.1) is 0 Å². The van der Waals surface area contributed by atoms with Gasteiger partial charge in [0.15, 0.2) is 0 Å². The molecule has 0 radical (unpaired) electrons. The molecule has 0 aliphatic carbocycles. The van der Waals surface area contributed by atoms with Crippen LogP contribution in [0, 0.1) is 0 Å². The van der Waals surface area contributed by atoms with Crippen molar-refractivity contribution >= 4 is 22.8 Å². The van der Waals surface area contributed by atoms with Crippen molar-refractivity contribution < 1.29 is 14.3 Å². The number of carbonyl (C=O) groups excluding carboxylic acids is 2. The Balaban J connectivity index is 1.69. The molecule has 1 aromatic carbocycles. The van der Waals surface area contributed by atoms with Crippen molar-refractivity contribution in [2.24, 2.45) is 0 Å². The lowest BCUT2D eigenvalue weighted by Gasteiger charge is -2.25. The van der Waals surface area contributed by atoms with Gasteiger partial charge in [0, 0.05) is 41.3 Å². The number of benzene rings is 1. The zero-order valence-corrected chi connectivity index (χ0v) is 13.1. The summed E-state index contributed by atoms with van der Waals surface area (Å²) in [7, 11) is 1.33. The first-order valence-corrected chi connectivity index (χ1v) is 7.64. The molecule has 1 aliphatic rings. The van der Waals surface area contributed by atoms with Crippen LogP contribution in [0.4, 0.5) is 0 Å². The quantitative estimate of drug-likeness (QED) is 0.714. The third-order valence-corrected chi connectivity index (χ3v) is 4.43. The normalized spacial score (nSPS) is 14.9. The number of amides is 1. The fourth-order valence-electron chi connectivity index (χ4n) is 3.25. The lowest BCUT2D eigenvalue weighted by molar-refractivity contribution is -0.146. The van der Waals surface area contributed by atoms with E-state index in [-0.39, 0.29) is 5.91 Å². The van der Waals surface area contributed by atoms with Crippen LogP contribution in [0.15, 0.2) is 36.8 Å². The molecule has 7 nitrogen and oxygen atoms in total. The Labute approximate surface area is 137 Å². The van der Waals surface area contributed by atoms with Crippen molar-refractivity contribution in [1.82, 2.24) is 19.9 Å². The number of esters is 1. The third kappa shape index (κ3) is 2.17. The Morgan fingerprint density at radius 3 is 3.00 bits per heavy atom. The number of rotatable bonds is 4. The molecule has 122 valence electrons. The molecule has 3 aromatic rings. The molecule has 3 heterocycles. The van der Waals surface area contributed by atoms with E-state index in [1.807, 2.05) is 24.3 Å². The summed E-state index contributed by atoms with van der Waals surface area (Å²) in [6.45, 7) is 0.381. The maximum Gasteiger partial charge on any atom is 0.329 e. The van der Waals surface area contributed by atoms with Gasteiger partial charge < -0.3 is 19.6 Å². The molecule has 1 amide bonds. The summed E-state index contributed by atoms with van der Waals surface area (Å²) in [4.78, 5) is 36.7. The van der Waals surface area contributed by atoms with Crippen LogP contribution in [0.25, 0.3) is 10.9 Å². The fraction of sp³-hybridized carbons (Fsp3) is 0.235. The molecule has 1 unspecified atom stereocenters. The second-order valence-corrected chi connectivity index (χ2v) is 5.78. The molecule has 2 aromatic heterocycles. The van der Waals surface area contributed by atoms with Crippen molar-refractivity contribution in [2.45, 2.75) is 19.0 Å². The average molecular weight is 324 g/mol. The number of methoxy groups -OCH3 is 1. The predicted molar refractivity (Wildman–Crippen MR) is 86.3 cm³/mol. The van der Waals surface area contributed by atoms with Crippen LogP contribution in [0.2, 0.25) is 0 Å². The Kier molecular flexibility index (Phi) is 3.34. The van der Waals surface area contributed by atoms with E-state index in [2.05, 4.69) is 15.0 Å². The molecular weight excluding hydrogens is 308 g/mol. The van der Waals surface area contributed by atoms with Gasteiger partial charge in [0.2, 0.25) is 0 Å². The zero-order chi connectivity index (χ0) is 16.7. The molecular formula is C17H16N4O3. The molecule has 0 fully saturated rings. The number of carbonyl (C=O) groups is 2. The summed E-state index contributed by atoms with van der Waals surface area (Å²) >= 11 is 0. The minimum absolute atomic E-state index is 0.184. The number of ether oxygens (including phenoxy) is 1. The predicted octanol–water partition coefficient (Wildman–Crippen LogP) is 1.63. The fourth-order valence-corrected chi connectivity index (χ4v) is 3.25. The van der Waals surface area contributed by atoms with Gasteiger partial charge in [0.05, 0.1) is 13.4 Å². The van der Waals surface area contributed by atoms with Crippen LogP contribution in [0.3, 0.4) is 0 Å². The van der Waals surface area contributed by atoms with Crippen molar-refractivity contribution in [3.8, 4) is 0 Å². The summed E-state index contributed by atoms with van der Waals surface area (Å²) in [6.07, 6.45) is 3.53. The third-order valence-electron chi connectivity index (χ3n) is 4.43. The second-order valence-electron chi connectivity index (χ2n) is 5.78. The lowest BCUT2D eigenvalue weighted by atomic mass is 10.1. The van der Waals surface area contributed by atoms with Gasteiger partial charge in [-0.3, -0.25) is 4.79 Å². The summed E-state index contributed by atoms with van der Waals surface area (Å²) in [5.41, 5.74) is 3.18. The van der Waals surface area contributed by atoms with Crippen LogP contribution in [0.5, 0.6) is 0 Å². The molecule has 2 N–H and O–H groups in total. The maximum atomic E-state index is 12.8. The second kappa shape index (κ2) is 5.52. The molecule has 4 rings (SSSR count). The van der Waals surface area contributed by atoms with Gasteiger partial charge in [-0.25, -0.2) is 9.78 Å². The van der Waals surface area contributed by atoms with Gasteiger partial charge in [0.1, 0.15) is 11.7 Å². The highest BCUT2D eigenvalue weighted by molar-refractivity contribution is 6.05. The van der Waals surface area contributed by atoms with Crippen LogP contribution in [0.1, 0.15) is 21.7 Å². The first-order chi connectivity index (χ1) is 11.7. The molecule has 0 spiro atoms. The minimum Gasteiger partial charge on any atom is -0.467 e. The number of nitrogens with zero attached hydrogens (tertiary/aromatic N) is 2. The summed E-state index contributed by atoms with van der Waals surface area (Å²) < 4.78 is 4.91. The number of nitrogens with one attached hydrogen (secondary N) is 2. The molecule has 1 aliphatic heterocycles. The van der Waals surface area contributed by atoms with E-state index in [0.717, 1.165) is 22.2 Å². The molecule has 0 saturated carbocycles. The monoisotopic (exact) mass is 324 g/mol. The largest absolute Gasteiger partial charge is 0.467 e. The van der Waals surface area contributed by atoms with Crippen molar-refractivity contribution in [3.63, 3.8) is 0 Å². The van der Waals surface area contributed by atoms with Gasteiger partial charge in [0.25, 0.3) is 5.91 Å². The number of aromatic amines is 2.